The molecule has 7 heteroatoms. The van der Waals surface area contributed by atoms with Crippen LogP contribution in [-0.2, 0) is 6.42 Å². The number of hydrogen-bond donors (Lipinski definition) is 2. The van der Waals surface area contributed by atoms with Gasteiger partial charge in [-0.3, -0.25) is 0 Å². The fraction of sp³-hybridized carbons (Fsp3) is 0.273. The number of nitrogens with zero attached hydrogens (tertiary/aromatic N) is 2. The lowest BCUT2D eigenvalue weighted by atomic mass is 10.2. The number of furan rings is 1. The van der Waals surface area contributed by atoms with Crippen LogP contribution in [0.2, 0.25) is 0 Å². The smallest absolute Gasteiger partial charge is 0.198 e. The minimum Gasteiger partial charge on any atom is -0.445 e. The SMILES string of the molecule is CCc1nc(-c2cc(Br)c(Br)o2)nc(NN)c1C. The van der Waals surface area contributed by atoms with E-state index in [2.05, 4.69) is 47.3 Å². The number of aryl methyl sites for hydroxylation is 1. The molecule has 0 saturated carbocycles. The third-order valence-electron chi connectivity index (χ3n) is 2.58. The summed E-state index contributed by atoms with van der Waals surface area (Å²) in [5.74, 6) is 7.17. The van der Waals surface area contributed by atoms with E-state index in [0.29, 0.717) is 22.1 Å². The second-order valence-electron chi connectivity index (χ2n) is 3.70. The maximum Gasteiger partial charge on any atom is 0.198 e. The molecule has 2 rings (SSSR count). The average Bonchev–Trinajstić information content (AvgIpc) is 2.70. The Bertz CT molecular complexity index is 538. The maximum absolute atomic E-state index is 5.52. The highest BCUT2D eigenvalue weighted by Crippen LogP contribution is 2.32. The van der Waals surface area contributed by atoms with E-state index in [0.717, 1.165) is 22.2 Å². The fourth-order valence-electron chi connectivity index (χ4n) is 1.61. The third-order valence-corrected chi connectivity index (χ3v) is 4.29. The number of aromatic nitrogens is 2. The summed E-state index contributed by atoms with van der Waals surface area (Å²) in [7, 11) is 0. The quantitative estimate of drug-likeness (QED) is 0.634. The van der Waals surface area contributed by atoms with Crippen LogP contribution in [0, 0.1) is 6.92 Å². The number of halogens is 2. The summed E-state index contributed by atoms with van der Waals surface area (Å²) in [5.41, 5.74) is 4.48. The molecule has 0 spiro atoms. The second kappa shape index (κ2) is 5.38. The molecule has 0 aliphatic rings. The summed E-state index contributed by atoms with van der Waals surface area (Å²) in [6.07, 6.45) is 0.805. The zero-order valence-electron chi connectivity index (χ0n) is 9.92. The van der Waals surface area contributed by atoms with Crippen LogP contribution >= 0.6 is 31.9 Å². The average molecular weight is 376 g/mol. The van der Waals surface area contributed by atoms with Crippen molar-refractivity contribution in [3.8, 4) is 11.6 Å². The molecule has 2 aromatic heterocycles. The van der Waals surface area contributed by atoms with Gasteiger partial charge in [0.1, 0.15) is 5.82 Å². The van der Waals surface area contributed by atoms with Gasteiger partial charge in [0.05, 0.1) is 4.47 Å². The van der Waals surface area contributed by atoms with Crippen LogP contribution < -0.4 is 11.3 Å². The van der Waals surface area contributed by atoms with Crippen molar-refractivity contribution < 1.29 is 4.42 Å². The molecule has 0 unspecified atom stereocenters. The van der Waals surface area contributed by atoms with Gasteiger partial charge >= 0.3 is 0 Å². The van der Waals surface area contributed by atoms with Crippen molar-refractivity contribution in [3.63, 3.8) is 0 Å². The monoisotopic (exact) mass is 374 g/mol. The Labute approximate surface area is 121 Å². The Balaban J connectivity index is 2.57. The Hall–Kier alpha value is -0.920. The summed E-state index contributed by atoms with van der Waals surface area (Å²) >= 11 is 6.65. The number of rotatable bonds is 3. The van der Waals surface area contributed by atoms with Gasteiger partial charge in [0, 0.05) is 17.3 Å². The summed E-state index contributed by atoms with van der Waals surface area (Å²) in [5, 5.41) is 0. The van der Waals surface area contributed by atoms with Crippen molar-refractivity contribution >= 4 is 37.7 Å². The molecule has 0 atom stereocenters. The summed E-state index contributed by atoms with van der Waals surface area (Å²) < 4.78 is 6.95. The van der Waals surface area contributed by atoms with Crippen molar-refractivity contribution in [3.05, 3.63) is 26.5 Å². The summed E-state index contributed by atoms with van der Waals surface area (Å²) in [6.45, 7) is 3.97. The Morgan fingerprint density at radius 3 is 2.61 bits per heavy atom. The number of nitrogens with one attached hydrogen (secondary N) is 1. The molecule has 18 heavy (non-hydrogen) atoms. The van der Waals surface area contributed by atoms with E-state index in [1.165, 1.54) is 0 Å². The van der Waals surface area contributed by atoms with Crippen molar-refractivity contribution in [1.29, 1.82) is 0 Å². The largest absolute Gasteiger partial charge is 0.445 e. The summed E-state index contributed by atoms with van der Waals surface area (Å²) in [6, 6.07) is 1.81. The lowest BCUT2D eigenvalue weighted by Gasteiger charge is -2.09. The number of anilines is 1. The van der Waals surface area contributed by atoms with Crippen molar-refractivity contribution in [2.75, 3.05) is 5.43 Å². The van der Waals surface area contributed by atoms with Crippen LogP contribution in [0.5, 0.6) is 0 Å². The van der Waals surface area contributed by atoms with Gasteiger partial charge in [0.25, 0.3) is 0 Å². The predicted octanol–water partition coefficient (Wildman–Crippen LogP) is 3.42. The van der Waals surface area contributed by atoms with Gasteiger partial charge in [-0.15, -0.1) is 0 Å². The maximum atomic E-state index is 5.52. The zero-order chi connectivity index (χ0) is 13.3. The molecule has 0 aliphatic heterocycles. The van der Waals surface area contributed by atoms with Crippen molar-refractivity contribution in [1.82, 2.24) is 9.97 Å². The molecule has 96 valence electrons. The van der Waals surface area contributed by atoms with Crippen molar-refractivity contribution in [2.24, 2.45) is 5.84 Å². The first kappa shape index (κ1) is 13.5. The first-order valence-corrected chi connectivity index (χ1v) is 6.94. The van der Waals surface area contributed by atoms with Gasteiger partial charge in [0.2, 0.25) is 0 Å². The molecule has 0 saturated heterocycles. The van der Waals surface area contributed by atoms with E-state index in [-0.39, 0.29) is 0 Å². The first-order chi connectivity index (χ1) is 8.56. The van der Waals surface area contributed by atoms with E-state index < -0.39 is 0 Å². The highest BCUT2D eigenvalue weighted by Gasteiger charge is 2.15. The number of hydrazine groups is 1. The normalized spacial score (nSPS) is 10.7. The molecule has 5 nitrogen and oxygen atoms in total. The van der Waals surface area contributed by atoms with Gasteiger partial charge in [-0.25, -0.2) is 15.8 Å². The second-order valence-corrected chi connectivity index (χ2v) is 5.27. The molecular formula is C11H12Br2N4O. The van der Waals surface area contributed by atoms with Crippen LogP contribution in [0.3, 0.4) is 0 Å². The third kappa shape index (κ3) is 2.43. The predicted molar refractivity (Wildman–Crippen MR) is 77.1 cm³/mol. The molecule has 3 N–H and O–H groups in total. The van der Waals surface area contributed by atoms with E-state index in [1.807, 2.05) is 19.9 Å². The minimum absolute atomic E-state index is 0.511. The molecule has 0 radical (unpaired) electrons. The summed E-state index contributed by atoms with van der Waals surface area (Å²) in [4.78, 5) is 8.82. The minimum atomic E-state index is 0.511. The first-order valence-electron chi connectivity index (χ1n) is 5.36. The molecule has 0 aliphatic carbocycles. The highest BCUT2D eigenvalue weighted by molar-refractivity contribution is 9.13. The highest BCUT2D eigenvalue weighted by atomic mass is 79.9. The van der Waals surface area contributed by atoms with Crippen LogP contribution in [0.15, 0.2) is 19.6 Å². The van der Waals surface area contributed by atoms with E-state index in [1.54, 1.807) is 0 Å². The zero-order valence-corrected chi connectivity index (χ0v) is 13.1. The molecule has 0 bridgehead atoms. The lowest BCUT2D eigenvalue weighted by Crippen LogP contribution is -2.13. The molecule has 0 amide bonds. The number of nitrogens with two attached hydrogens (primary N) is 1. The standard InChI is InChI=1S/C11H12Br2N4O/c1-3-7-5(2)10(17-14)16-11(15-7)8-4-6(12)9(13)18-8/h4H,3,14H2,1-2H3,(H,15,16,17). The van der Waals surface area contributed by atoms with Crippen LogP contribution in [0.25, 0.3) is 11.6 Å². The van der Waals surface area contributed by atoms with Crippen LogP contribution in [0.4, 0.5) is 5.82 Å². The van der Waals surface area contributed by atoms with Gasteiger partial charge in [-0.2, -0.15) is 0 Å². The van der Waals surface area contributed by atoms with Crippen LogP contribution in [-0.4, -0.2) is 9.97 Å². The fourth-order valence-corrected chi connectivity index (χ4v) is 2.19. The molecule has 0 fully saturated rings. The molecule has 0 aromatic carbocycles. The van der Waals surface area contributed by atoms with E-state index in [9.17, 15) is 0 Å². The Morgan fingerprint density at radius 1 is 1.39 bits per heavy atom. The van der Waals surface area contributed by atoms with Gasteiger partial charge in [0.15, 0.2) is 16.3 Å². The molecule has 2 aromatic rings. The van der Waals surface area contributed by atoms with Gasteiger partial charge < -0.3 is 9.84 Å². The van der Waals surface area contributed by atoms with E-state index >= 15 is 0 Å². The molecule has 2 heterocycles. The number of nitrogen functional groups attached to an aromatic ring is 1. The number of hydrogen-bond acceptors (Lipinski definition) is 5. The van der Waals surface area contributed by atoms with Gasteiger partial charge in [-0.05, 0) is 45.2 Å². The van der Waals surface area contributed by atoms with Crippen molar-refractivity contribution in [2.45, 2.75) is 20.3 Å². The van der Waals surface area contributed by atoms with Gasteiger partial charge in [-0.1, -0.05) is 6.92 Å². The topological polar surface area (TPSA) is 77.0 Å². The Morgan fingerprint density at radius 2 is 2.11 bits per heavy atom. The lowest BCUT2D eigenvalue weighted by molar-refractivity contribution is 0.549. The Kier molecular flexibility index (Phi) is 4.04. The molecular weight excluding hydrogens is 364 g/mol. The van der Waals surface area contributed by atoms with Crippen LogP contribution in [0.1, 0.15) is 18.2 Å². The van der Waals surface area contributed by atoms with E-state index in [4.69, 9.17) is 10.3 Å².